The molecule has 2 fully saturated rings. The summed E-state index contributed by atoms with van der Waals surface area (Å²) in [4.78, 5) is 52.1. The SMILES string of the molecule is O=C(COC(=O)c1cc(Cl)ccn1)NN1C(=O)NC2(CCCCC2)C1=O. The number of hydrazine groups is 1. The molecule has 1 aromatic heterocycles. The lowest BCUT2D eigenvalue weighted by Crippen LogP contribution is -2.51. The van der Waals surface area contributed by atoms with Crippen molar-refractivity contribution in [3.05, 3.63) is 29.0 Å². The zero-order chi connectivity index (χ0) is 18.7. The Hall–Kier alpha value is -2.68. The molecule has 0 radical (unpaired) electrons. The van der Waals surface area contributed by atoms with Crippen molar-refractivity contribution in [2.24, 2.45) is 0 Å². The number of ether oxygens (including phenoxy) is 1. The summed E-state index contributed by atoms with van der Waals surface area (Å²) in [5.41, 5.74) is 1.18. The number of hydrogen-bond donors (Lipinski definition) is 2. The van der Waals surface area contributed by atoms with Crippen molar-refractivity contribution >= 4 is 35.4 Å². The third-order valence-electron chi connectivity index (χ3n) is 4.37. The highest BCUT2D eigenvalue weighted by atomic mass is 35.5. The first-order valence-electron chi connectivity index (χ1n) is 8.16. The minimum absolute atomic E-state index is 0.0542. The van der Waals surface area contributed by atoms with E-state index in [1.807, 2.05) is 0 Å². The molecular weight excluding hydrogens is 364 g/mol. The predicted molar refractivity (Wildman–Crippen MR) is 88.9 cm³/mol. The van der Waals surface area contributed by atoms with Gasteiger partial charge in [-0.3, -0.25) is 15.0 Å². The van der Waals surface area contributed by atoms with Crippen LogP contribution in [0, 0.1) is 0 Å². The van der Waals surface area contributed by atoms with Crippen LogP contribution in [0.3, 0.4) is 0 Å². The summed E-state index contributed by atoms with van der Waals surface area (Å²) in [7, 11) is 0. The van der Waals surface area contributed by atoms with Gasteiger partial charge in [0.05, 0.1) is 0 Å². The lowest BCUT2D eigenvalue weighted by molar-refractivity contribution is -0.140. The first-order chi connectivity index (χ1) is 12.4. The molecule has 1 aromatic rings. The fourth-order valence-corrected chi connectivity index (χ4v) is 3.25. The standard InChI is InChI=1S/C16H17ClN4O5/c17-10-4-7-18-11(8-10)13(23)26-9-12(22)20-21-14(24)16(19-15(21)25)5-2-1-3-6-16/h4,7-8H,1-3,5-6,9H2,(H,19,25)(H,20,22). The molecule has 1 spiro atoms. The number of nitrogens with zero attached hydrogens (tertiary/aromatic N) is 2. The highest BCUT2D eigenvalue weighted by Crippen LogP contribution is 2.32. The van der Waals surface area contributed by atoms with Crippen LogP contribution < -0.4 is 10.7 Å². The number of urea groups is 1. The lowest BCUT2D eigenvalue weighted by Gasteiger charge is -2.30. The summed E-state index contributed by atoms with van der Waals surface area (Å²) < 4.78 is 4.82. The van der Waals surface area contributed by atoms with E-state index in [4.69, 9.17) is 16.3 Å². The van der Waals surface area contributed by atoms with Crippen molar-refractivity contribution in [1.82, 2.24) is 20.7 Å². The molecule has 9 nitrogen and oxygen atoms in total. The van der Waals surface area contributed by atoms with Crippen LogP contribution in [0.25, 0.3) is 0 Å². The number of amides is 4. The van der Waals surface area contributed by atoms with Gasteiger partial charge >= 0.3 is 12.0 Å². The third kappa shape index (κ3) is 3.62. The minimum atomic E-state index is -0.940. The minimum Gasteiger partial charge on any atom is -0.451 e. The van der Waals surface area contributed by atoms with Gasteiger partial charge in [-0.05, 0) is 25.0 Å². The number of aromatic nitrogens is 1. The Morgan fingerprint density at radius 2 is 2.04 bits per heavy atom. The largest absolute Gasteiger partial charge is 0.451 e. The van der Waals surface area contributed by atoms with Crippen LogP contribution in [-0.4, -0.2) is 46.0 Å². The van der Waals surface area contributed by atoms with E-state index >= 15 is 0 Å². The average molecular weight is 381 g/mol. The van der Waals surface area contributed by atoms with Gasteiger partial charge in [-0.2, -0.15) is 5.01 Å². The van der Waals surface area contributed by atoms with Gasteiger partial charge in [0.15, 0.2) is 6.61 Å². The molecule has 0 unspecified atom stereocenters. The van der Waals surface area contributed by atoms with E-state index in [0.29, 0.717) is 22.9 Å². The van der Waals surface area contributed by atoms with Crippen molar-refractivity contribution in [1.29, 1.82) is 0 Å². The Morgan fingerprint density at radius 3 is 2.73 bits per heavy atom. The van der Waals surface area contributed by atoms with E-state index in [0.717, 1.165) is 19.3 Å². The second-order valence-corrected chi connectivity index (χ2v) is 6.62. The van der Waals surface area contributed by atoms with E-state index in [9.17, 15) is 19.2 Å². The topological polar surface area (TPSA) is 118 Å². The van der Waals surface area contributed by atoms with E-state index in [1.54, 1.807) is 0 Å². The lowest BCUT2D eigenvalue weighted by atomic mass is 9.82. The van der Waals surface area contributed by atoms with Crippen LogP contribution in [0.1, 0.15) is 42.6 Å². The molecule has 4 amide bonds. The van der Waals surface area contributed by atoms with Crippen molar-refractivity contribution in [3.63, 3.8) is 0 Å². The van der Waals surface area contributed by atoms with Crippen molar-refractivity contribution in [3.8, 4) is 0 Å². The number of rotatable bonds is 4. The summed E-state index contributed by atoms with van der Waals surface area (Å²) >= 11 is 5.75. The number of nitrogens with one attached hydrogen (secondary N) is 2. The maximum absolute atomic E-state index is 12.5. The Bertz CT molecular complexity index is 763. The first-order valence-corrected chi connectivity index (χ1v) is 8.54. The monoisotopic (exact) mass is 380 g/mol. The zero-order valence-electron chi connectivity index (χ0n) is 13.8. The molecular formula is C16H17ClN4O5. The van der Waals surface area contributed by atoms with Gasteiger partial charge < -0.3 is 10.1 Å². The van der Waals surface area contributed by atoms with Gasteiger partial charge in [-0.25, -0.2) is 14.6 Å². The molecule has 10 heteroatoms. The smallest absolute Gasteiger partial charge is 0.357 e. The number of esters is 1. The Balaban J connectivity index is 1.55. The normalized spacial score (nSPS) is 18.6. The molecule has 0 atom stereocenters. The van der Waals surface area contributed by atoms with Crippen molar-refractivity contribution < 1.29 is 23.9 Å². The van der Waals surface area contributed by atoms with Gasteiger partial charge in [-0.15, -0.1) is 0 Å². The molecule has 1 aliphatic heterocycles. The highest BCUT2D eigenvalue weighted by Gasteiger charge is 2.52. The molecule has 2 N–H and O–H groups in total. The van der Waals surface area contributed by atoms with Crippen LogP contribution in [0.15, 0.2) is 18.3 Å². The van der Waals surface area contributed by atoms with Crippen LogP contribution in [0.4, 0.5) is 4.79 Å². The summed E-state index contributed by atoms with van der Waals surface area (Å²) in [5, 5.41) is 3.61. The quantitative estimate of drug-likeness (QED) is 0.598. The average Bonchev–Trinajstić information content (AvgIpc) is 2.84. The number of imide groups is 1. The molecule has 3 rings (SSSR count). The second kappa shape index (κ2) is 7.28. The number of halogens is 1. The van der Waals surface area contributed by atoms with Crippen LogP contribution in [0.5, 0.6) is 0 Å². The number of carbonyl (C=O) groups is 4. The molecule has 26 heavy (non-hydrogen) atoms. The fraction of sp³-hybridized carbons (Fsp3) is 0.438. The van der Waals surface area contributed by atoms with E-state index in [2.05, 4.69) is 15.7 Å². The van der Waals surface area contributed by atoms with Gasteiger partial charge in [-0.1, -0.05) is 30.9 Å². The summed E-state index contributed by atoms with van der Waals surface area (Å²) in [6, 6.07) is 2.10. The Morgan fingerprint density at radius 1 is 1.31 bits per heavy atom. The number of carbonyl (C=O) groups excluding carboxylic acids is 4. The maximum Gasteiger partial charge on any atom is 0.357 e. The number of pyridine rings is 1. The van der Waals surface area contributed by atoms with Gasteiger partial charge in [0.25, 0.3) is 11.8 Å². The Labute approximate surface area is 154 Å². The van der Waals surface area contributed by atoms with Gasteiger partial charge in [0.1, 0.15) is 11.2 Å². The summed E-state index contributed by atoms with van der Waals surface area (Å²) in [6.45, 7) is -0.670. The third-order valence-corrected chi connectivity index (χ3v) is 4.61. The van der Waals surface area contributed by atoms with Crippen LogP contribution in [-0.2, 0) is 14.3 Å². The second-order valence-electron chi connectivity index (χ2n) is 6.18. The molecule has 1 aliphatic carbocycles. The summed E-state index contributed by atoms with van der Waals surface area (Å²) in [6.07, 6.45) is 5.08. The molecule has 1 saturated heterocycles. The Kier molecular flexibility index (Phi) is 5.08. The fourth-order valence-electron chi connectivity index (χ4n) is 3.09. The van der Waals surface area contributed by atoms with E-state index in [-0.39, 0.29) is 5.69 Å². The molecule has 1 saturated carbocycles. The van der Waals surface area contributed by atoms with Gasteiger partial charge in [0, 0.05) is 11.2 Å². The summed E-state index contributed by atoms with van der Waals surface area (Å²) in [5.74, 6) is -2.14. The molecule has 2 aliphatic rings. The molecule has 0 bridgehead atoms. The predicted octanol–water partition coefficient (Wildman–Crippen LogP) is 1.18. The maximum atomic E-state index is 12.5. The zero-order valence-corrected chi connectivity index (χ0v) is 14.5. The van der Waals surface area contributed by atoms with Crippen LogP contribution >= 0.6 is 11.6 Å². The highest BCUT2D eigenvalue weighted by molar-refractivity contribution is 6.30. The molecule has 138 valence electrons. The molecule has 0 aromatic carbocycles. The van der Waals surface area contributed by atoms with Gasteiger partial charge in [0.2, 0.25) is 0 Å². The van der Waals surface area contributed by atoms with E-state index < -0.39 is 36.0 Å². The van der Waals surface area contributed by atoms with Crippen molar-refractivity contribution in [2.45, 2.75) is 37.6 Å². The first kappa shape index (κ1) is 18.1. The number of hydrogen-bond acceptors (Lipinski definition) is 6. The van der Waals surface area contributed by atoms with Crippen LogP contribution in [0.2, 0.25) is 5.02 Å². The molecule has 2 heterocycles. The van der Waals surface area contributed by atoms with E-state index in [1.165, 1.54) is 18.3 Å². The van der Waals surface area contributed by atoms with Crippen molar-refractivity contribution in [2.75, 3.05) is 6.61 Å².